The van der Waals surface area contributed by atoms with Crippen molar-refractivity contribution in [1.82, 2.24) is 9.97 Å². The molecule has 0 aliphatic rings. The maximum atomic E-state index is 11.5. The number of aromatic amines is 2. The molecule has 0 radical (unpaired) electrons. The number of phenols is 1. The third-order valence-electron chi connectivity index (χ3n) is 3.07. The highest BCUT2D eigenvalue weighted by Crippen LogP contribution is 2.35. The molecule has 1 heterocycles. The molecule has 0 saturated carbocycles. The van der Waals surface area contributed by atoms with Gasteiger partial charge in [-0.3, -0.25) is 40.1 Å². The van der Waals surface area contributed by atoms with E-state index in [9.17, 15) is 45.0 Å². The number of non-ortho nitro benzene ring substituents is 1. The summed E-state index contributed by atoms with van der Waals surface area (Å²) in [5.74, 6) is -0.938. The number of benzene rings is 1. The minimum atomic E-state index is -1.30. The van der Waals surface area contributed by atoms with Gasteiger partial charge in [-0.15, -0.1) is 0 Å². The smallest absolute Gasteiger partial charge is 0.357 e. The predicted octanol–water partition coefficient (Wildman–Crippen LogP) is 0.664. The number of nitro benzene ring substituents is 2. The normalized spacial score (nSPS) is 10.8. The van der Waals surface area contributed by atoms with Gasteiger partial charge in [-0.1, -0.05) is 0 Å². The summed E-state index contributed by atoms with van der Waals surface area (Å²) in [6.45, 7) is 0. The molecule has 0 bridgehead atoms. The van der Waals surface area contributed by atoms with Gasteiger partial charge in [-0.25, -0.2) is 4.79 Å². The quantitative estimate of drug-likeness (QED) is 0.500. The fourth-order valence-corrected chi connectivity index (χ4v) is 1.97. The number of aromatic nitrogens is 2. The Bertz CT molecular complexity index is 1080. The molecule has 0 atom stereocenters. The summed E-state index contributed by atoms with van der Waals surface area (Å²) in [5, 5.41) is 42.5. The third-order valence-corrected chi connectivity index (χ3v) is 3.07. The average molecular weight is 365 g/mol. The van der Waals surface area contributed by atoms with E-state index in [1.165, 1.54) is 0 Å². The lowest BCUT2D eigenvalue weighted by Crippen LogP contribution is -2.25. The van der Waals surface area contributed by atoms with Crippen LogP contribution in [0.15, 0.2) is 21.7 Å². The lowest BCUT2D eigenvalue weighted by atomic mass is 10.1. The highest BCUT2D eigenvalue weighted by Gasteiger charge is 2.23. The molecule has 14 nitrogen and oxygen atoms in total. The van der Waals surface area contributed by atoms with E-state index >= 15 is 0 Å². The Kier molecular flexibility index (Phi) is 4.59. The number of H-pyrrole nitrogens is 2. The van der Waals surface area contributed by atoms with Crippen LogP contribution in [0.25, 0.3) is 12.2 Å². The average Bonchev–Trinajstić information content (AvgIpc) is 2.52. The molecule has 2 rings (SSSR count). The van der Waals surface area contributed by atoms with Crippen LogP contribution in [0.4, 0.5) is 17.1 Å². The Morgan fingerprint density at radius 2 is 1.58 bits per heavy atom. The molecule has 1 aromatic heterocycles. The largest absolute Gasteiger partial charge is 0.502 e. The van der Waals surface area contributed by atoms with Crippen LogP contribution in [0.5, 0.6) is 5.75 Å². The van der Waals surface area contributed by atoms with Crippen molar-refractivity contribution in [2.24, 2.45) is 0 Å². The summed E-state index contributed by atoms with van der Waals surface area (Å²) in [6, 6.07) is 1.31. The maximum Gasteiger partial charge on any atom is 0.357 e. The summed E-state index contributed by atoms with van der Waals surface area (Å²) < 4.78 is 0. The number of nitrogens with one attached hydrogen (secondary N) is 2. The molecule has 0 aliphatic carbocycles. The van der Waals surface area contributed by atoms with Crippen molar-refractivity contribution in [2.75, 3.05) is 0 Å². The van der Waals surface area contributed by atoms with Crippen LogP contribution in [0.1, 0.15) is 11.3 Å². The monoisotopic (exact) mass is 365 g/mol. The van der Waals surface area contributed by atoms with Crippen LogP contribution < -0.4 is 11.2 Å². The molecule has 0 unspecified atom stereocenters. The molecule has 1 aromatic carbocycles. The van der Waals surface area contributed by atoms with Crippen molar-refractivity contribution in [1.29, 1.82) is 0 Å². The van der Waals surface area contributed by atoms with E-state index in [0.717, 1.165) is 18.2 Å². The van der Waals surface area contributed by atoms with Crippen molar-refractivity contribution in [2.45, 2.75) is 0 Å². The summed E-state index contributed by atoms with van der Waals surface area (Å²) >= 11 is 0. The van der Waals surface area contributed by atoms with E-state index in [-0.39, 0.29) is 0 Å². The number of rotatable bonds is 5. The molecule has 3 N–H and O–H groups in total. The Morgan fingerprint density at radius 3 is 2.12 bits per heavy atom. The summed E-state index contributed by atoms with van der Waals surface area (Å²) in [5.41, 5.74) is -6.07. The first-order valence-corrected chi connectivity index (χ1v) is 6.46. The van der Waals surface area contributed by atoms with Crippen LogP contribution in [0.2, 0.25) is 0 Å². The van der Waals surface area contributed by atoms with Crippen molar-refractivity contribution < 1.29 is 19.9 Å². The van der Waals surface area contributed by atoms with E-state index in [1.807, 2.05) is 4.98 Å². The fourth-order valence-electron chi connectivity index (χ4n) is 1.97. The second-order valence-corrected chi connectivity index (χ2v) is 4.68. The fraction of sp³-hybridized carbons (Fsp3) is 0. The zero-order valence-corrected chi connectivity index (χ0v) is 12.4. The second kappa shape index (κ2) is 6.63. The highest BCUT2D eigenvalue weighted by molar-refractivity contribution is 5.77. The molecule has 0 aliphatic heterocycles. The van der Waals surface area contributed by atoms with Gasteiger partial charge < -0.3 is 10.1 Å². The summed E-state index contributed by atoms with van der Waals surface area (Å²) in [4.78, 5) is 55.9. The number of phenolic OH excluding ortho intramolecular Hbond substituents is 1. The van der Waals surface area contributed by atoms with Crippen molar-refractivity contribution in [3.05, 3.63) is 74.6 Å². The molecule has 0 saturated heterocycles. The van der Waals surface area contributed by atoms with Crippen LogP contribution in [0.3, 0.4) is 0 Å². The van der Waals surface area contributed by atoms with Crippen LogP contribution in [0, 0.1) is 30.3 Å². The predicted molar refractivity (Wildman–Crippen MR) is 84.7 cm³/mol. The molecule has 0 amide bonds. The van der Waals surface area contributed by atoms with E-state index in [2.05, 4.69) is 0 Å². The Morgan fingerprint density at radius 1 is 0.923 bits per heavy atom. The molecule has 134 valence electrons. The van der Waals surface area contributed by atoms with E-state index in [1.54, 1.807) is 4.98 Å². The molecule has 0 spiro atoms. The van der Waals surface area contributed by atoms with Gasteiger partial charge in [0.25, 0.3) is 5.69 Å². The second-order valence-electron chi connectivity index (χ2n) is 4.68. The summed E-state index contributed by atoms with van der Waals surface area (Å²) in [6.07, 6.45) is 1.64. The molecule has 14 heteroatoms. The van der Waals surface area contributed by atoms with Gasteiger partial charge in [-0.05, 0) is 12.2 Å². The van der Waals surface area contributed by atoms with E-state index in [4.69, 9.17) is 0 Å². The molecular weight excluding hydrogens is 358 g/mol. The van der Waals surface area contributed by atoms with Gasteiger partial charge in [0.1, 0.15) is 5.69 Å². The van der Waals surface area contributed by atoms with Gasteiger partial charge in [0, 0.05) is 11.6 Å². The van der Waals surface area contributed by atoms with Crippen molar-refractivity contribution in [3.8, 4) is 5.75 Å². The topological polar surface area (TPSA) is 215 Å². The SMILES string of the molecule is O=c1[nH]c(C=Cc2cc([N+](=O)[O-])cc([N+](=O)[O-])c2O)c([N+](=O)[O-])c(=O)[nH]1. The first-order chi connectivity index (χ1) is 12.1. The van der Waals surface area contributed by atoms with Gasteiger partial charge in [0.2, 0.25) is 5.75 Å². The standard InChI is InChI=1S/C12H7N5O9/c18-10-5(3-6(15(21)22)4-8(10)16(23)24)1-2-7-9(17(25)26)11(19)14-12(20)13-7/h1-4,18H,(H2,13,14,19,20). The van der Waals surface area contributed by atoms with Gasteiger partial charge >= 0.3 is 22.6 Å². The zero-order chi connectivity index (χ0) is 19.6. The Labute approximate surface area is 140 Å². The lowest BCUT2D eigenvalue weighted by Gasteiger charge is -2.01. The van der Waals surface area contributed by atoms with Gasteiger partial charge in [-0.2, -0.15) is 0 Å². The molecule has 2 aromatic rings. The molecule has 0 fully saturated rings. The summed E-state index contributed by atoms with van der Waals surface area (Å²) in [7, 11) is 0. The van der Waals surface area contributed by atoms with E-state index in [0.29, 0.717) is 6.07 Å². The maximum absolute atomic E-state index is 11.5. The lowest BCUT2D eigenvalue weighted by molar-refractivity contribution is -0.394. The van der Waals surface area contributed by atoms with Crippen molar-refractivity contribution in [3.63, 3.8) is 0 Å². The first-order valence-electron chi connectivity index (χ1n) is 6.46. The number of hydrogen-bond acceptors (Lipinski definition) is 9. The van der Waals surface area contributed by atoms with Gasteiger partial charge in [0.05, 0.1) is 20.8 Å². The third kappa shape index (κ3) is 3.42. The number of hydrogen-bond donors (Lipinski definition) is 3. The van der Waals surface area contributed by atoms with Crippen LogP contribution >= 0.6 is 0 Å². The molecule has 26 heavy (non-hydrogen) atoms. The van der Waals surface area contributed by atoms with E-state index < -0.39 is 60.1 Å². The Balaban J connectivity index is 2.68. The number of nitrogens with zero attached hydrogens (tertiary/aromatic N) is 3. The minimum absolute atomic E-state index is 0.429. The number of aromatic hydroxyl groups is 1. The van der Waals surface area contributed by atoms with Crippen LogP contribution in [-0.4, -0.2) is 29.8 Å². The first kappa shape index (κ1) is 18.0. The highest BCUT2D eigenvalue weighted by atomic mass is 16.6. The van der Waals surface area contributed by atoms with Crippen LogP contribution in [-0.2, 0) is 0 Å². The molecular formula is C12H7N5O9. The zero-order valence-electron chi connectivity index (χ0n) is 12.4. The van der Waals surface area contributed by atoms with Gasteiger partial charge in [0.15, 0.2) is 0 Å². The minimum Gasteiger partial charge on any atom is -0.502 e. The Hall–Kier alpha value is -4.36. The van der Waals surface area contributed by atoms with Crippen molar-refractivity contribution >= 4 is 29.2 Å². The number of nitro groups is 3.